The number of hydrogen-bond acceptors (Lipinski definition) is 5. The van der Waals surface area contributed by atoms with Gasteiger partial charge in [0.05, 0.1) is 10.6 Å². The van der Waals surface area contributed by atoms with Crippen molar-refractivity contribution < 1.29 is 9.72 Å². The van der Waals surface area contributed by atoms with Crippen LogP contribution in [0.3, 0.4) is 0 Å². The predicted octanol–water partition coefficient (Wildman–Crippen LogP) is 2.48. The molecule has 0 bridgehead atoms. The number of nitrogens with two attached hydrogens (primary N) is 1. The summed E-state index contributed by atoms with van der Waals surface area (Å²) in [5.74, 6) is -0.485. The van der Waals surface area contributed by atoms with Gasteiger partial charge >= 0.3 is 0 Å². The number of rotatable bonds is 3. The van der Waals surface area contributed by atoms with Gasteiger partial charge in [0.2, 0.25) is 0 Å². The molecule has 7 nitrogen and oxygen atoms in total. The number of amides is 1. The van der Waals surface area contributed by atoms with E-state index in [0.717, 1.165) is 0 Å². The summed E-state index contributed by atoms with van der Waals surface area (Å²) in [5.41, 5.74) is 6.32. The van der Waals surface area contributed by atoms with Crippen molar-refractivity contribution in [3.63, 3.8) is 0 Å². The van der Waals surface area contributed by atoms with E-state index in [9.17, 15) is 14.9 Å². The zero-order valence-corrected chi connectivity index (χ0v) is 10.8. The molecule has 20 heavy (non-hydrogen) atoms. The first-order valence-electron chi connectivity index (χ1n) is 5.45. The Hall–Kier alpha value is -2.67. The average molecular weight is 293 g/mol. The molecule has 0 aliphatic carbocycles. The molecule has 0 fully saturated rings. The Kier molecular flexibility index (Phi) is 3.81. The maximum absolute atomic E-state index is 12.0. The number of nitrogen functional groups attached to an aromatic ring is 1. The fourth-order valence-corrected chi connectivity index (χ4v) is 1.71. The summed E-state index contributed by atoms with van der Waals surface area (Å²) in [4.78, 5) is 25.8. The van der Waals surface area contributed by atoms with Gasteiger partial charge in [0.15, 0.2) is 5.15 Å². The number of nitro benzene ring substituents is 1. The van der Waals surface area contributed by atoms with Crippen molar-refractivity contribution in [1.82, 2.24) is 4.98 Å². The van der Waals surface area contributed by atoms with Crippen LogP contribution in [0.1, 0.15) is 10.4 Å². The molecule has 3 N–H and O–H groups in total. The van der Waals surface area contributed by atoms with Crippen LogP contribution in [0.2, 0.25) is 5.15 Å². The molecule has 0 saturated carbocycles. The first-order valence-corrected chi connectivity index (χ1v) is 5.82. The van der Waals surface area contributed by atoms with Crippen molar-refractivity contribution >= 4 is 34.6 Å². The molecular weight excluding hydrogens is 284 g/mol. The highest BCUT2D eigenvalue weighted by atomic mass is 35.5. The van der Waals surface area contributed by atoms with Gasteiger partial charge < -0.3 is 11.1 Å². The smallest absolute Gasteiger partial charge is 0.269 e. The van der Waals surface area contributed by atoms with E-state index in [2.05, 4.69) is 10.3 Å². The Morgan fingerprint density at radius 2 is 1.95 bits per heavy atom. The highest BCUT2D eigenvalue weighted by Crippen LogP contribution is 2.26. The molecule has 1 amide bonds. The maximum Gasteiger partial charge on any atom is 0.269 e. The number of nitrogens with zero attached hydrogens (tertiary/aromatic N) is 2. The van der Waals surface area contributed by atoms with Crippen molar-refractivity contribution in [1.29, 1.82) is 0 Å². The maximum atomic E-state index is 12.0. The van der Waals surface area contributed by atoms with Crippen LogP contribution in [0.25, 0.3) is 0 Å². The molecule has 1 aromatic carbocycles. The first kappa shape index (κ1) is 13.8. The topological polar surface area (TPSA) is 111 Å². The zero-order chi connectivity index (χ0) is 14.7. The fourth-order valence-electron chi connectivity index (χ4n) is 1.49. The Morgan fingerprint density at radius 3 is 2.50 bits per heavy atom. The van der Waals surface area contributed by atoms with E-state index < -0.39 is 10.8 Å². The lowest BCUT2D eigenvalue weighted by atomic mass is 10.2. The third kappa shape index (κ3) is 2.83. The molecule has 0 aliphatic rings. The molecular formula is C12H9ClN4O3. The molecule has 1 heterocycles. The van der Waals surface area contributed by atoms with E-state index in [1.165, 1.54) is 36.5 Å². The molecule has 0 radical (unpaired) electrons. The van der Waals surface area contributed by atoms with Gasteiger partial charge in [0.25, 0.3) is 11.6 Å². The Balaban J connectivity index is 2.22. The number of anilines is 2. The third-order valence-corrected chi connectivity index (χ3v) is 2.80. The van der Waals surface area contributed by atoms with Crippen LogP contribution >= 0.6 is 11.6 Å². The summed E-state index contributed by atoms with van der Waals surface area (Å²) in [7, 11) is 0. The van der Waals surface area contributed by atoms with Gasteiger partial charge in [-0.25, -0.2) is 4.98 Å². The Bertz CT molecular complexity index is 653. The number of nitrogens with one attached hydrogen (secondary N) is 1. The first-order chi connectivity index (χ1) is 9.49. The molecule has 102 valence electrons. The van der Waals surface area contributed by atoms with Crippen LogP contribution in [0.4, 0.5) is 17.1 Å². The Morgan fingerprint density at radius 1 is 1.30 bits per heavy atom. The van der Waals surface area contributed by atoms with Crippen LogP contribution in [-0.2, 0) is 0 Å². The molecule has 0 spiro atoms. The van der Waals surface area contributed by atoms with E-state index >= 15 is 0 Å². The lowest BCUT2D eigenvalue weighted by molar-refractivity contribution is -0.384. The number of non-ortho nitro benzene ring substituents is 1. The van der Waals surface area contributed by atoms with Crippen LogP contribution in [-0.4, -0.2) is 15.8 Å². The second kappa shape index (κ2) is 5.54. The standard InChI is InChI=1S/C12H9ClN4O3/c13-11-10(9(14)5-6-15-11)16-12(18)7-1-3-8(4-2-7)17(19)20/h1-6H,(H2,14,15)(H,16,18). The second-order valence-corrected chi connectivity index (χ2v) is 4.18. The van der Waals surface area contributed by atoms with Crippen LogP contribution in [0.5, 0.6) is 0 Å². The minimum Gasteiger partial charge on any atom is -0.397 e. The number of pyridine rings is 1. The van der Waals surface area contributed by atoms with Crippen molar-refractivity contribution in [3.8, 4) is 0 Å². The normalized spacial score (nSPS) is 10.1. The van der Waals surface area contributed by atoms with E-state index in [4.69, 9.17) is 17.3 Å². The SMILES string of the molecule is Nc1ccnc(Cl)c1NC(=O)c1ccc([N+](=O)[O-])cc1. The summed E-state index contributed by atoms with van der Waals surface area (Å²) in [6.07, 6.45) is 1.42. The van der Waals surface area contributed by atoms with Crippen molar-refractivity contribution in [2.45, 2.75) is 0 Å². The van der Waals surface area contributed by atoms with E-state index in [0.29, 0.717) is 0 Å². The number of benzene rings is 1. The average Bonchev–Trinajstić information content (AvgIpc) is 2.43. The molecule has 0 unspecified atom stereocenters. The minimum absolute atomic E-state index is 0.0697. The van der Waals surface area contributed by atoms with Gasteiger partial charge in [0.1, 0.15) is 5.69 Å². The molecule has 2 rings (SSSR count). The van der Waals surface area contributed by atoms with Crippen LogP contribution < -0.4 is 11.1 Å². The molecule has 0 aliphatic heterocycles. The van der Waals surface area contributed by atoms with Crippen molar-refractivity contribution in [2.24, 2.45) is 0 Å². The van der Waals surface area contributed by atoms with Crippen molar-refractivity contribution in [3.05, 3.63) is 57.4 Å². The summed E-state index contributed by atoms with van der Waals surface area (Å²) in [6.45, 7) is 0. The summed E-state index contributed by atoms with van der Waals surface area (Å²) < 4.78 is 0. The Labute approximate surface area is 118 Å². The van der Waals surface area contributed by atoms with Gasteiger partial charge in [-0.1, -0.05) is 11.6 Å². The fraction of sp³-hybridized carbons (Fsp3) is 0. The van der Waals surface area contributed by atoms with Gasteiger partial charge in [-0.05, 0) is 18.2 Å². The van der Waals surface area contributed by atoms with E-state index in [1.807, 2.05) is 0 Å². The second-order valence-electron chi connectivity index (χ2n) is 3.82. The van der Waals surface area contributed by atoms with E-state index in [-0.39, 0.29) is 27.8 Å². The van der Waals surface area contributed by atoms with Gasteiger partial charge in [-0.15, -0.1) is 0 Å². The number of nitro groups is 1. The summed E-state index contributed by atoms with van der Waals surface area (Å²) in [6, 6.07) is 6.66. The number of halogens is 1. The molecule has 8 heteroatoms. The minimum atomic E-state index is -0.544. The van der Waals surface area contributed by atoms with E-state index in [1.54, 1.807) is 0 Å². The molecule has 2 aromatic rings. The lowest BCUT2D eigenvalue weighted by Crippen LogP contribution is -2.14. The number of hydrogen-bond donors (Lipinski definition) is 2. The lowest BCUT2D eigenvalue weighted by Gasteiger charge is -2.09. The predicted molar refractivity (Wildman–Crippen MR) is 74.7 cm³/mol. The number of carbonyl (C=O) groups is 1. The largest absolute Gasteiger partial charge is 0.397 e. The molecule has 0 saturated heterocycles. The highest BCUT2D eigenvalue weighted by Gasteiger charge is 2.13. The van der Waals surface area contributed by atoms with Gasteiger partial charge in [-0.3, -0.25) is 14.9 Å². The summed E-state index contributed by atoms with van der Waals surface area (Å²) >= 11 is 5.83. The van der Waals surface area contributed by atoms with Crippen LogP contribution in [0, 0.1) is 10.1 Å². The van der Waals surface area contributed by atoms with Gasteiger partial charge in [0, 0.05) is 23.9 Å². The summed E-state index contributed by atoms with van der Waals surface area (Å²) in [5, 5.41) is 13.1. The highest BCUT2D eigenvalue weighted by molar-refractivity contribution is 6.33. The third-order valence-electron chi connectivity index (χ3n) is 2.52. The number of aromatic nitrogens is 1. The van der Waals surface area contributed by atoms with Gasteiger partial charge in [-0.2, -0.15) is 0 Å². The van der Waals surface area contributed by atoms with Crippen molar-refractivity contribution in [2.75, 3.05) is 11.1 Å². The quantitative estimate of drug-likeness (QED) is 0.513. The van der Waals surface area contributed by atoms with Crippen LogP contribution in [0.15, 0.2) is 36.5 Å². The molecule has 0 atom stereocenters. The monoisotopic (exact) mass is 292 g/mol. The number of carbonyl (C=O) groups excluding carboxylic acids is 1. The molecule has 1 aromatic heterocycles. The zero-order valence-electron chi connectivity index (χ0n) is 10.0.